The molecule has 0 saturated heterocycles. The fraction of sp³-hybridized carbons (Fsp3) is 0.467. The van der Waals surface area contributed by atoms with E-state index in [0.717, 1.165) is 16.8 Å². The summed E-state index contributed by atoms with van der Waals surface area (Å²) < 4.78 is 0. The quantitative estimate of drug-likeness (QED) is 0.853. The fourth-order valence-corrected chi connectivity index (χ4v) is 1.85. The molecule has 20 heavy (non-hydrogen) atoms. The first-order valence-electron chi connectivity index (χ1n) is 6.64. The summed E-state index contributed by atoms with van der Waals surface area (Å²) in [4.78, 5) is 25.2. The molecule has 5 nitrogen and oxygen atoms in total. The van der Waals surface area contributed by atoms with Crippen molar-refractivity contribution in [2.45, 2.75) is 26.8 Å². The lowest BCUT2D eigenvalue weighted by atomic mass is 10.1. The van der Waals surface area contributed by atoms with Gasteiger partial charge in [-0.2, -0.15) is 0 Å². The van der Waals surface area contributed by atoms with Crippen LogP contribution in [-0.2, 0) is 9.59 Å². The van der Waals surface area contributed by atoms with Gasteiger partial charge in [0, 0.05) is 12.7 Å². The zero-order valence-electron chi connectivity index (χ0n) is 12.8. The van der Waals surface area contributed by atoms with Crippen LogP contribution in [0.2, 0.25) is 0 Å². The van der Waals surface area contributed by atoms with E-state index in [0.29, 0.717) is 0 Å². The van der Waals surface area contributed by atoms with E-state index < -0.39 is 0 Å². The molecule has 0 bridgehead atoms. The number of benzene rings is 1. The number of hydrogen-bond donors (Lipinski definition) is 2. The van der Waals surface area contributed by atoms with Crippen LogP contribution in [0.3, 0.4) is 0 Å². The number of carbonyl (C=O) groups is 2. The van der Waals surface area contributed by atoms with Gasteiger partial charge in [-0.3, -0.25) is 14.5 Å². The van der Waals surface area contributed by atoms with Crippen molar-refractivity contribution in [3.05, 3.63) is 29.3 Å². The van der Waals surface area contributed by atoms with Gasteiger partial charge in [0.1, 0.15) is 0 Å². The van der Waals surface area contributed by atoms with E-state index in [4.69, 9.17) is 0 Å². The van der Waals surface area contributed by atoms with E-state index in [1.54, 1.807) is 25.9 Å². The van der Waals surface area contributed by atoms with Crippen molar-refractivity contribution in [3.8, 4) is 0 Å². The van der Waals surface area contributed by atoms with E-state index in [9.17, 15) is 9.59 Å². The Morgan fingerprint density at radius 3 is 2.55 bits per heavy atom. The maximum atomic E-state index is 12.0. The van der Waals surface area contributed by atoms with Crippen LogP contribution in [0.4, 0.5) is 5.69 Å². The molecule has 0 aromatic heterocycles. The number of carbonyl (C=O) groups excluding carboxylic acids is 2. The van der Waals surface area contributed by atoms with Gasteiger partial charge in [0.05, 0.1) is 12.6 Å². The van der Waals surface area contributed by atoms with E-state index in [1.807, 2.05) is 32.0 Å². The maximum absolute atomic E-state index is 12.0. The minimum absolute atomic E-state index is 0.105. The topological polar surface area (TPSA) is 61.4 Å². The largest absolute Gasteiger partial charge is 0.358 e. The highest BCUT2D eigenvalue weighted by atomic mass is 16.2. The molecule has 0 fully saturated rings. The number of amides is 2. The Hall–Kier alpha value is -1.88. The average Bonchev–Trinajstić information content (AvgIpc) is 2.42. The van der Waals surface area contributed by atoms with Crippen molar-refractivity contribution >= 4 is 17.5 Å². The first-order chi connectivity index (χ1) is 9.36. The number of rotatable bonds is 5. The molecule has 0 aliphatic rings. The Labute approximate surface area is 120 Å². The summed E-state index contributed by atoms with van der Waals surface area (Å²) in [6, 6.07) is 5.45. The van der Waals surface area contributed by atoms with Crippen LogP contribution < -0.4 is 10.6 Å². The van der Waals surface area contributed by atoms with Gasteiger partial charge in [-0.05, 0) is 45.0 Å². The Kier molecular flexibility index (Phi) is 5.70. The molecule has 0 saturated carbocycles. The van der Waals surface area contributed by atoms with Crippen molar-refractivity contribution < 1.29 is 9.59 Å². The first kappa shape index (κ1) is 16.2. The second kappa shape index (κ2) is 7.05. The predicted molar refractivity (Wildman–Crippen MR) is 80.7 cm³/mol. The summed E-state index contributed by atoms with van der Waals surface area (Å²) in [5.41, 5.74) is 3.01. The van der Waals surface area contributed by atoms with Crippen LogP contribution in [0.15, 0.2) is 18.2 Å². The van der Waals surface area contributed by atoms with Crippen LogP contribution in [0.25, 0.3) is 0 Å². The lowest BCUT2D eigenvalue weighted by molar-refractivity contribution is -0.126. The molecule has 110 valence electrons. The normalized spacial score (nSPS) is 12.1. The number of likely N-dealkylation sites (N-methyl/N-ethyl adjacent to an activating group) is 2. The Morgan fingerprint density at radius 2 is 1.95 bits per heavy atom. The van der Waals surface area contributed by atoms with Gasteiger partial charge in [-0.25, -0.2) is 0 Å². The van der Waals surface area contributed by atoms with Crippen LogP contribution in [0, 0.1) is 13.8 Å². The molecule has 0 unspecified atom stereocenters. The second-order valence-corrected chi connectivity index (χ2v) is 5.00. The van der Waals surface area contributed by atoms with Gasteiger partial charge in [0.15, 0.2) is 0 Å². The number of hydrogen-bond acceptors (Lipinski definition) is 3. The van der Waals surface area contributed by atoms with Crippen LogP contribution >= 0.6 is 0 Å². The summed E-state index contributed by atoms with van der Waals surface area (Å²) in [6.45, 7) is 5.92. The minimum atomic E-state index is -0.343. The molecule has 0 spiro atoms. The third-order valence-electron chi connectivity index (χ3n) is 3.56. The van der Waals surface area contributed by atoms with Gasteiger partial charge >= 0.3 is 0 Å². The number of nitrogens with zero attached hydrogens (tertiary/aromatic N) is 1. The smallest absolute Gasteiger partial charge is 0.238 e. The van der Waals surface area contributed by atoms with E-state index >= 15 is 0 Å². The van der Waals surface area contributed by atoms with Crippen molar-refractivity contribution in [1.82, 2.24) is 10.2 Å². The molecule has 1 aromatic carbocycles. The van der Waals surface area contributed by atoms with Crippen molar-refractivity contribution in [2.24, 2.45) is 0 Å². The molecular formula is C15H23N3O2. The summed E-state index contributed by atoms with van der Waals surface area (Å²) in [5, 5.41) is 5.45. The highest BCUT2D eigenvalue weighted by Gasteiger charge is 2.19. The summed E-state index contributed by atoms with van der Waals surface area (Å²) in [5.74, 6) is -0.232. The highest BCUT2D eigenvalue weighted by molar-refractivity contribution is 5.93. The van der Waals surface area contributed by atoms with Gasteiger partial charge in [-0.1, -0.05) is 12.1 Å². The monoisotopic (exact) mass is 277 g/mol. The van der Waals surface area contributed by atoms with E-state index in [-0.39, 0.29) is 24.4 Å². The Balaban J connectivity index is 2.64. The number of nitrogens with one attached hydrogen (secondary N) is 2. The molecule has 2 amide bonds. The molecule has 2 N–H and O–H groups in total. The van der Waals surface area contributed by atoms with E-state index in [2.05, 4.69) is 10.6 Å². The summed E-state index contributed by atoms with van der Waals surface area (Å²) in [7, 11) is 3.34. The SMILES string of the molecule is CNC(=O)[C@H](C)N(C)CC(=O)Nc1cccc(C)c1C. The van der Waals surface area contributed by atoms with Crippen LogP contribution in [0.1, 0.15) is 18.1 Å². The summed E-state index contributed by atoms with van der Waals surface area (Å²) >= 11 is 0. The minimum Gasteiger partial charge on any atom is -0.358 e. The molecule has 5 heteroatoms. The maximum Gasteiger partial charge on any atom is 0.238 e. The average molecular weight is 277 g/mol. The molecule has 1 atom stereocenters. The molecule has 0 aliphatic carbocycles. The van der Waals surface area contributed by atoms with Crippen LogP contribution in [0.5, 0.6) is 0 Å². The molecular weight excluding hydrogens is 254 g/mol. The second-order valence-electron chi connectivity index (χ2n) is 5.00. The highest BCUT2D eigenvalue weighted by Crippen LogP contribution is 2.17. The molecule has 1 aromatic rings. The molecule has 1 rings (SSSR count). The number of anilines is 1. The Morgan fingerprint density at radius 1 is 1.30 bits per heavy atom. The van der Waals surface area contributed by atoms with Crippen molar-refractivity contribution in [1.29, 1.82) is 0 Å². The standard InChI is InChI=1S/C15H23N3O2/c1-10-7-6-8-13(11(10)2)17-14(19)9-18(5)12(3)15(20)16-4/h6-8,12H,9H2,1-5H3,(H,16,20)(H,17,19)/t12-/m0/s1. The van der Waals surface area contributed by atoms with Crippen molar-refractivity contribution in [3.63, 3.8) is 0 Å². The summed E-state index contributed by atoms with van der Waals surface area (Å²) in [6.07, 6.45) is 0. The van der Waals surface area contributed by atoms with Gasteiger partial charge in [-0.15, -0.1) is 0 Å². The predicted octanol–water partition coefficient (Wildman–Crippen LogP) is 1.31. The van der Waals surface area contributed by atoms with Crippen molar-refractivity contribution in [2.75, 3.05) is 26.0 Å². The molecule has 0 heterocycles. The zero-order chi connectivity index (χ0) is 15.3. The Bertz CT molecular complexity index is 500. The van der Waals surface area contributed by atoms with Gasteiger partial charge in [0.2, 0.25) is 11.8 Å². The lowest BCUT2D eigenvalue weighted by Crippen LogP contribution is -2.44. The molecule has 0 aliphatic heterocycles. The first-order valence-corrected chi connectivity index (χ1v) is 6.64. The van der Waals surface area contributed by atoms with Gasteiger partial charge in [0.25, 0.3) is 0 Å². The third kappa shape index (κ3) is 4.06. The molecule has 0 radical (unpaired) electrons. The van der Waals surface area contributed by atoms with Gasteiger partial charge < -0.3 is 10.6 Å². The van der Waals surface area contributed by atoms with Crippen LogP contribution in [-0.4, -0.2) is 43.4 Å². The number of aryl methyl sites for hydroxylation is 1. The fourth-order valence-electron chi connectivity index (χ4n) is 1.85. The lowest BCUT2D eigenvalue weighted by Gasteiger charge is -2.22. The van der Waals surface area contributed by atoms with E-state index in [1.165, 1.54) is 0 Å². The zero-order valence-corrected chi connectivity index (χ0v) is 12.8. The third-order valence-corrected chi connectivity index (χ3v) is 3.56.